The first-order valence-corrected chi connectivity index (χ1v) is 8.90. The average Bonchev–Trinajstić information content (AvgIpc) is 2.58. The van der Waals surface area contributed by atoms with E-state index >= 15 is 0 Å². The van der Waals surface area contributed by atoms with Crippen LogP contribution < -0.4 is 5.32 Å². The van der Waals surface area contributed by atoms with Gasteiger partial charge in [-0.25, -0.2) is 0 Å². The predicted molar refractivity (Wildman–Crippen MR) is 99.0 cm³/mol. The van der Waals surface area contributed by atoms with Crippen LogP contribution in [0.2, 0.25) is 0 Å². The highest BCUT2D eigenvalue weighted by atomic mass is 16.3. The molecule has 2 aromatic rings. The van der Waals surface area contributed by atoms with Crippen molar-refractivity contribution in [1.82, 2.24) is 0 Å². The molecule has 0 unspecified atom stereocenters. The molecular formula is C21H29NO. The Bertz CT molecular complexity index is 565. The summed E-state index contributed by atoms with van der Waals surface area (Å²) in [5.41, 5.74) is 3.34. The summed E-state index contributed by atoms with van der Waals surface area (Å²) >= 11 is 0. The maximum atomic E-state index is 10.2. The summed E-state index contributed by atoms with van der Waals surface area (Å²) in [6.07, 6.45) is 8.78. The fourth-order valence-electron chi connectivity index (χ4n) is 2.88. The lowest BCUT2D eigenvalue weighted by Gasteiger charge is -2.14. The molecule has 2 aromatic carbocycles. The number of aromatic hydroxyl groups is 1. The topological polar surface area (TPSA) is 32.3 Å². The van der Waals surface area contributed by atoms with Crippen molar-refractivity contribution in [1.29, 1.82) is 0 Å². The number of phenols is 1. The zero-order valence-corrected chi connectivity index (χ0v) is 14.2. The average molecular weight is 311 g/mol. The molecule has 0 heterocycles. The number of benzene rings is 2. The maximum Gasteiger partial charge on any atom is 0.138 e. The molecule has 0 aliphatic heterocycles. The van der Waals surface area contributed by atoms with E-state index in [0.29, 0.717) is 5.75 Å². The number of para-hydroxylation sites is 1. The summed E-state index contributed by atoms with van der Waals surface area (Å²) in [6, 6.07) is 16.1. The lowest BCUT2D eigenvalue weighted by molar-refractivity contribution is 0.476. The molecule has 0 saturated heterocycles. The van der Waals surface area contributed by atoms with Crippen molar-refractivity contribution in [2.75, 3.05) is 5.32 Å². The van der Waals surface area contributed by atoms with Crippen LogP contribution in [-0.4, -0.2) is 5.11 Å². The normalized spacial score (nSPS) is 10.7. The van der Waals surface area contributed by atoms with E-state index in [0.717, 1.165) is 18.7 Å². The van der Waals surface area contributed by atoms with Gasteiger partial charge in [-0.1, -0.05) is 81.5 Å². The van der Waals surface area contributed by atoms with E-state index in [4.69, 9.17) is 0 Å². The van der Waals surface area contributed by atoms with Crippen molar-refractivity contribution < 1.29 is 5.11 Å². The molecule has 2 N–H and O–H groups in total. The van der Waals surface area contributed by atoms with Gasteiger partial charge in [-0.15, -0.1) is 0 Å². The molecule has 0 amide bonds. The molecule has 0 bridgehead atoms. The van der Waals surface area contributed by atoms with Crippen LogP contribution in [-0.2, 0) is 13.0 Å². The third kappa shape index (κ3) is 5.97. The summed E-state index contributed by atoms with van der Waals surface area (Å²) in [6.45, 7) is 2.99. The van der Waals surface area contributed by atoms with Gasteiger partial charge in [0.2, 0.25) is 0 Å². The Hall–Kier alpha value is -1.96. The van der Waals surface area contributed by atoms with E-state index in [1.165, 1.54) is 49.7 Å². The molecule has 0 aromatic heterocycles. The predicted octanol–water partition coefficient (Wildman–Crippen LogP) is 5.91. The fourth-order valence-corrected chi connectivity index (χ4v) is 2.88. The van der Waals surface area contributed by atoms with Gasteiger partial charge in [0.15, 0.2) is 0 Å². The first kappa shape index (κ1) is 17.4. The van der Waals surface area contributed by atoms with Crippen molar-refractivity contribution in [2.24, 2.45) is 0 Å². The standard InChI is InChI=1S/C21H29NO/c1-2-3-4-5-6-10-14-19-15-11-16-20(23)21(19)22-17-18-12-8-7-9-13-18/h7-9,11-13,15-16,22-23H,2-6,10,14,17H2,1H3. The monoisotopic (exact) mass is 311 g/mol. The second kappa shape index (κ2) is 9.94. The van der Waals surface area contributed by atoms with Crippen LogP contribution in [0.1, 0.15) is 56.6 Å². The molecule has 2 rings (SSSR count). The molecule has 2 heteroatoms. The van der Waals surface area contributed by atoms with Gasteiger partial charge in [-0.05, 0) is 30.0 Å². The van der Waals surface area contributed by atoms with Crippen LogP contribution in [0, 0.1) is 0 Å². The first-order valence-electron chi connectivity index (χ1n) is 8.90. The Balaban J connectivity index is 1.88. The second-order valence-electron chi connectivity index (χ2n) is 6.17. The minimum absolute atomic E-state index is 0.351. The highest BCUT2D eigenvalue weighted by Gasteiger charge is 2.07. The van der Waals surface area contributed by atoms with Gasteiger partial charge in [0.05, 0.1) is 5.69 Å². The van der Waals surface area contributed by atoms with Crippen molar-refractivity contribution in [2.45, 2.75) is 58.4 Å². The molecular weight excluding hydrogens is 282 g/mol. The van der Waals surface area contributed by atoms with Gasteiger partial charge in [0.1, 0.15) is 5.75 Å². The second-order valence-corrected chi connectivity index (χ2v) is 6.17. The number of rotatable bonds is 10. The van der Waals surface area contributed by atoms with E-state index in [9.17, 15) is 5.11 Å². The Morgan fingerprint density at radius 3 is 2.35 bits per heavy atom. The Morgan fingerprint density at radius 2 is 1.57 bits per heavy atom. The summed E-state index contributed by atoms with van der Waals surface area (Å²) in [4.78, 5) is 0. The lowest BCUT2D eigenvalue weighted by atomic mass is 10.0. The molecule has 2 nitrogen and oxygen atoms in total. The number of anilines is 1. The van der Waals surface area contributed by atoms with Crippen LogP contribution in [0.3, 0.4) is 0 Å². The quantitative estimate of drug-likeness (QED) is 0.422. The van der Waals surface area contributed by atoms with Gasteiger partial charge in [-0.2, -0.15) is 0 Å². The van der Waals surface area contributed by atoms with E-state index in [1.54, 1.807) is 6.07 Å². The number of unbranched alkanes of at least 4 members (excludes halogenated alkanes) is 5. The summed E-state index contributed by atoms with van der Waals surface area (Å²) in [7, 11) is 0. The van der Waals surface area contributed by atoms with Crippen LogP contribution in [0.15, 0.2) is 48.5 Å². The van der Waals surface area contributed by atoms with E-state index in [-0.39, 0.29) is 0 Å². The number of aryl methyl sites for hydroxylation is 1. The Kier molecular flexibility index (Phi) is 7.51. The summed E-state index contributed by atoms with van der Waals surface area (Å²) < 4.78 is 0. The van der Waals surface area contributed by atoms with E-state index in [1.807, 2.05) is 24.3 Å². The molecule has 23 heavy (non-hydrogen) atoms. The molecule has 0 spiro atoms. The Labute approximate surface area is 140 Å². The number of phenolic OH excluding ortho intramolecular Hbond substituents is 1. The SMILES string of the molecule is CCCCCCCCc1cccc(O)c1NCc1ccccc1. The zero-order chi connectivity index (χ0) is 16.3. The maximum absolute atomic E-state index is 10.2. The molecule has 0 aliphatic carbocycles. The molecule has 0 atom stereocenters. The van der Waals surface area contributed by atoms with Crippen molar-refractivity contribution in [3.63, 3.8) is 0 Å². The van der Waals surface area contributed by atoms with Crippen LogP contribution in [0.25, 0.3) is 0 Å². The molecule has 0 saturated carbocycles. The van der Waals surface area contributed by atoms with Gasteiger partial charge in [0, 0.05) is 6.54 Å². The number of hydrogen-bond acceptors (Lipinski definition) is 2. The van der Waals surface area contributed by atoms with Gasteiger partial charge in [-0.3, -0.25) is 0 Å². The summed E-state index contributed by atoms with van der Waals surface area (Å²) in [5, 5.41) is 13.6. The Morgan fingerprint density at radius 1 is 0.826 bits per heavy atom. The highest BCUT2D eigenvalue weighted by Crippen LogP contribution is 2.29. The third-order valence-corrected chi connectivity index (χ3v) is 4.24. The first-order chi connectivity index (χ1) is 11.3. The number of nitrogens with one attached hydrogen (secondary N) is 1. The zero-order valence-electron chi connectivity index (χ0n) is 14.2. The van der Waals surface area contributed by atoms with Gasteiger partial charge < -0.3 is 10.4 Å². The molecule has 0 fully saturated rings. The molecule has 124 valence electrons. The van der Waals surface area contributed by atoms with Gasteiger partial charge >= 0.3 is 0 Å². The third-order valence-electron chi connectivity index (χ3n) is 4.24. The van der Waals surface area contributed by atoms with Gasteiger partial charge in [0.25, 0.3) is 0 Å². The largest absolute Gasteiger partial charge is 0.506 e. The minimum Gasteiger partial charge on any atom is -0.506 e. The van der Waals surface area contributed by atoms with Crippen LogP contribution in [0.5, 0.6) is 5.75 Å². The van der Waals surface area contributed by atoms with Crippen LogP contribution in [0.4, 0.5) is 5.69 Å². The number of hydrogen-bond donors (Lipinski definition) is 2. The smallest absolute Gasteiger partial charge is 0.138 e. The van der Waals surface area contributed by atoms with E-state index in [2.05, 4.69) is 30.4 Å². The highest BCUT2D eigenvalue weighted by molar-refractivity contribution is 5.61. The van der Waals surface area contributed by atoms with E-state index < -0.39 is 0 Å². The fraction of sp³-hybridized carbons (Fsp3) is 0.429. The minimum atomic E-state index is 0.351. The molecule has 0 aliphatic rings. The molecule has 0 radical (unpaired) electrons. The van der Waals surface area contributed by atoms with Crippen molar-refractivity contribution in [3.8, 4) is 5.75 Å². The van der Waals surface area contributed by atoms with Crippen molar-refractivity contribution in [3.05, 3.63) is 59.7 Å². The van der Waals surface area contributed by atoms with Crippen LogP contribution >= 0.6 is 0 Å². The summed E-state index contributed by atoms with van der Waals surface area (Å²) in [5.74, 6) is 0.351. The lowest BCUT2D eigenvalue weighted by Crippen LogP contribution is -2.03. The van der Waals surface area contributed by atoms with Crippen molar-refractivity contribution >= 4 is 5.69 Å².